The van der Waals surface area contributed by atoms with Crippen LogP contribution in [0.15, 0.2) is 12.3 Å². The normalized spacial score (nSPS) is 23.1. The lowest BCUT2D eigenvalue weighted by molar-refractivity contribution is 0.191. The van der Waals surface area contributed by atoms with Gasteiger partial charge in [-0.05, 0) is 26.6 Å². The van der Waals surface area contributed by atoms with Crippen LogP contribution in [-0.2, 0) is 0 Å². The number of aliphatic hydroxyl groups is 1. The van der Waals surface area contributed by atoms with Crippen molar-refractivity contribution in [3.63, 3.8) is 0 Å². The quantitative estimate of drug-likeness (QED) is 0.489. The van der Waals surface area contributed by atoms with Gasteiger partial charge in [0.05, 0.1) is 17.9 Å². The van der Waals surface area contributed by atoms with Crippen molar-refractivity contribution < 1.29 is 5.11 Å². The zero-order valence-corrected chi connectivity index (χ0v) is 11.2. The molecule has 0 saturated carbocycles. The van der Waals surface area contributed by atoms with E-state index in [0.717, 1.165) is 6.54 Å². The van der Waals surface area contributed by atoms with Crippen LogP contribution in [0.4, 0.5) is 5.82 Å². The van der Waals surface area contributed by atoms with E-state index in [0.29, 0.717) is 24.3 Å². The Morgan fingerprint density at radius 3 is 3.00 bits per heavy atom. The van der Waals surface area contributed by atoms with E-state index in [9.17, 15) is 5.11 Å². The number of β-amino-alcohol motifs (C(OH)–C–C–N with tert-alkyl or cyclic N) is 1. The first-order valence-corrected chi connectivity index (χ1v) is 6.24. The molecule has 2 unspecified atom stereocenters. The van der Waals surface area contributed by atoms with Gasteiger partial charge in [0.2, 0.25) is 0 Å². The van der Waals surface area contributed by atoms with Gasteiger partial charge in [-0.25, -0.2) is 0 Å². The Labute approximate surface area is 112 Å². The molecule has 0 bridgehead atoms. The number of hydrogen-bond donors (Lipinski definition) is 3. The lowest BCUT2D eigenvalue weighted by atomic mass is 10.2. The molecule has 2 heterocycles. The minimum absolute atomic E-state index is 0.0325. The number of nitrogens with zero attached hydrogens (tertiary/aromatic N) is 4. The van der Waals surface area contributed by atoms with Crippen LogP contribution in [0.2, 0.25) is 0 Å². The number of aromatic nitrogens is 2. The molecular weight excluding hydrogens is 244 g/mol. The molecule has 1 aromatic rings. The zero-order chi connectivity index (χ0) is 14.0. The first kappa shape index (κ1) is 13.7. The second-order valence-corrected chi connectivity index (χ2v) is 5.14. The summed E-state index contributed by atoms with van der Waals surface area (Å²) in [6.45, 7) is 1.31. The molecule has 0 aliphatic carbocycles. The van der Waals surface area contributed by atoms with E-state index in [4.69, 9.17) is 11.1 Å². The fraction of sp³-hybridized carbons (Fsp3) is 0.583. The first-order valence-electron chi connectivity index (χ1n) is 6.24. The van der Waals surface area contributed by atoms with Crippen LogP contribution in [0.25, 0.3) is 0 Å². The molecule has 0 aromatic carbocycles. The predicted octanol–water partition coefficient (Wildman–Crippen LogP) is -0.738. The maximum absolute atomic E-state index is 9.88. The number of nitrogens with two attached hydrogens (primary N) is 1. The third kappa shape index (κ3) is 2.99. The Morgan fingerprint density at radius 2 is 2.37 bits per heavy atom. The predicted molar refractivity (Wildman–Crippen MR) is 73.4 cm³/mol. The van der Waals surface area contributed by atoms with Crippen LogP contribution < -0.4 is 10.6 Å². The smallest absolute Gasteiger partial charge is 0.162 e. The van der Waals surface area contributed by atoms with Gasteiger partial charge >= 0.3 is 0 Å². The standard InChI is InChI=1S/C12H20N6O/c1-17(2)6-8-5-9(19)7-18(8)12-10(11(13)14)3-4-15-16-12/h3-4,8-9,19H,5-7H2,1-2H3,(H3,13,14). The zero-order valence-electron chi connectivity index (χ0n) is 11.2. The highest BCUT2D eigenvalue weighted by Crippen LogP contribution is 2.26. The summed E-state index contributed by atoms with van der Waals surface area (Å²) in [5, 5.41) is 25.5. The summed E-state index contributed by atoms with van der Waals surface area (Å²) >= 11 is 0. The summed E-state index contributed by atoms with van der Waals surface area (Å²) in [6.07, 6.45) is 1.83. The molecule has 0 amide bonds. The Bertz CT molecular complexity index is 463. The molecule has 104 valence electrons. The molecule has 19 heavy (non-hydrogen) atoms. The monoisotopic (exact) mass is 264 g/mol. The molecule has 0 radical (unpaired) electrons. The molecule has 1 aromatic heterocycles. The molecule has 7 nitrogen and oxygen atoms in total. The second-order valence-electron chi connectivity index (χ2n) is 5.14. The molecule has 1 aliphatic heterocycles. The Morgan fingerprint density at radius 1 is 1.63 bits per heavy atom. The highest BCUT2D eigenvalue weighted by molar-refractivity contribution is 5.99. The minimum Gasteiger partial charge on any atom is -0.391 e. The van der Waals surface area contributed by atoms with Gasteiger partial charge in [-0.1, -0.05) is 0 Å². The molecule has 0 spiro atoms. The number of anilines is 1. The molecule has 2 atom stereocenters. The Hall–Kier alpha value is -1.73. The van der Waals surface area contributed by atoms with Crippen molar-refractivity contribution in [3.8, 4) is 0 Å². The summed E-state index contributed by atoms with van der Waals surface area (Å²) < 4.78 is 0. The van der Waals surface area contributed by atoms with Crippen molar-refractivity contribution in [1.82, 2.24) is 15.1 Å². The van der Waals surface area contributed by atoms with Crippen molar-refractivity contribution in [2.24, 2.45) is 5.73 Å². The van der Waals surface area contributed by atoms with Gasteiger partial charge in [0.25, 0.3) is 0 Å². The molecule has 2 rings (SSSR count). The van der Waals surface area contributed by atoms with Gasteiger partial charge < -0.3 is 20.6 Å². The summed E-state index contributed by atoms with van der Waals surface area (Å²) in [5.41, 5.74) is 6.14. The third-order valence-electron chi connectivity index (χ3n) is 3.23. The summed E-state index contributed by atoms with van der Waals surface area (Å²) in [5.74, 6) is 0.549. The van der Waals surface area contributed by atoms with Crippen LogP contribution in [0.5, 0.6) is 0 Å². The fourth-order valence-corrected chi connectivity index (χ4v) is 2.49. The average molecular weight is 264 g/mol. The van der Waals surface area contributed by atoms with E-state index in [1.165, 1.54) is 6.20 Å². The van der Waals surface area contributed by atoms with Crippen LogP contribution in [0.3, 0.4) is 0 Å². The van der Waals surface area contributed by atoms with Gasteiger partial charge in [0, 0.05) is 19.1 Å². The largest absolute Gasteiger partial charge is 0.391 e. The summed E-state index contributed by atoms with van der Waals surface area (Å²) in [6, 6.07) is 1.84. The highest BCUT2D eigenvalue weighted by Gasteiger charge is 2.33. The summed E-state index contributed by atoms with van der Waals surface area (Å²) in [4.78, 5) is 4.06. The van der Waals surface area contributed by atoms with E-state index in [-0.39, 0.29) is 18.0 Å². The average Bonchev–Trinajstić information content (AvgIpc) is 2.69. The van der Waals surface area contributed by atoms with Crippen molar-refractivity contribution in [3.05, 3.63) is 17.8 Å². The van der Waals surface area contributed by atoms with Crippen molar-refractivity contribution in [1.29, 1.82) is 5.41 Å². The lowest BCUT2D eigenvalue weighted by Gasteiger charge is -2.28. The third-order valence-corrected chi connectivity index (χ3v) is 3.23. The molecule has 1 aliphatic rings. The summed E-state index contributed by atoms with van der Waals surface area (Å²) in [7, 11) is 3.98. The van der Waals surface area contributed by atoms with Crippen LogP contribution in [0.1, 0.15) is 12.0 Å². The number of nitrogen functional groups attached to an aromatic ring is 1. The molecule has 7 heteroatoms. The van der Waals surface area contributed by atoms with Crippen molar-refractivity contribution in [2.75, 3.05) is 32.1 Å². The second kappa shape index (κ2) is 5.50. The number of nitrogens with one attached hydrogen (secondary N) is 1. The maximum Gasteiger partial charge on any atom is 0.162 e. The van der Waals surface area contributed by atoms with Crippen LogP contribution in [-0.4, -0.2) is 65.4 Å². The molecule has 1 saturated heterocycles. The number of amidine groups is 1. The number of aliphatic hydroxyl groups excluding tert-OH is 1. The van der Waals surface area contributed by atoms with E-state index in [1.807, 2.05) is 19.0 Å². The Kier molecular flexibility index (Phi) is 3.96. The van der Waals surface area contributed by atoms with Crippen LogP contribution >= 0.6 is 0 Å². The van der Waals surface area contributed by atoms with Gasteiger partial charge in [-0.3, -0.25) is 5.41 Å². The van der Waals surface area contributed by atoms with E-state index in [2.05, 4.69) is 15.1 Å². The van der Waals surface area contributed by atoms with E-state index in [1.54, 1.807) is 6.07 Å². The van der Waals surface area contributed by atoms with Crippen molar-refractivity contribution >= 4 is 11.7 Å². The van der Waals surface area contributed by atoms with Gasteiger partial charge in [0.15, 0.2) is 5.82 Å². The van der Waals surface area contributed by atoms with E-state index < -0.39 is 0 Å². The number of likely N-dealkylation sites (N-methyl/N-ethyl adjacent to an activating group) is 1. The fourth-order valence-electron chi connectivity index (χ4n) is 2.49. The van der Waals surface area contributed by atoms with Gasteiger partial charge in [-0.2, -0.15) is 5.10 Å². The van der Waals surface area contributed by atoms with Crippen molar-refractivity contribution in [2.45, 2.75) is 18.6 Å². The molecular formula is C12H20N6O. The van der Waals surface area contributed by atoms with E-state index >= 15 is 0 Å². The molecule has 1 fully saturated rings. The molecule has 4 N–H and O–H groups in total. The number of rotatable bonds is 4. The SMILES string of the molecule is CN(C)CC1CC(O)CN1c1nnccc1C(=N)N. The highest BCUT2D eigenvalue weighted by atomic mass is 16.3. The number of hydrogen-bond acceptors (Lipinski definition) is 6. The Balaban J connectivity index is 2.31. The lowest BCUT2D eigenvalue weighted by Crippen LogP contribution is -2.39. The van der Waals surface area contributed by atoms with Crippen LogP contribution in [0, 0.1) is 5.41 Å². The maximum atomic E-state index is 9.88. The minimum atomic E-state index is -0.383. The topological polar surface area (TPSA) is 102 Å². The van der Waals surface area contributed by atoms with Gasteiger partial charge in [-0.15, -0.1) is 5.10 Å². The van der Waals surface area contributed by atoms with Gasteiger partial charge in [0.1, 0.15) is 5.84 Å². The first-order chi connectivity index (χ1) is 8.99.